The zero-order chi connectivity index (χ0) is 19.3. The van der Waals surface area contributed by atoms with Crippen molar-refractivity contribution < 1.29 is 4.79 Å². The van der Waals surface area contributed by atoms with Crippen molar-refractivity contribution in [1.29, 1.82) is 0 Å². The van der Waals surface area contributed by atoms with Crippen LogP contribution in [0.5, 0.6) is 0 Å². The van der Waals surface area contributed by atoms with E-state index in [0.29, 0.717) is 29.0 Å². The lowest BCUT2D eigenvalue weighted by Gasteiger charge is -2.19. The first-order valence-electron chi connectivity index (χ1n) is 8.71. The van der Waals surface area contributed by atoms with Crippen molar-refractivity contribution in [3.63, 3.8) is 0 Å². The van der Waals surface area contributed by atoms with Gasteiger partial charge in [0.2, 0.25) is 5.91 Å². The maximum Gasteiger partial charge on any atom is 0.239 e. The molecule has 2 heterocycles. The SMILES string of the molecule is O=C(CSc1ccccc1)N(CCn1cccn1)c1nc2c(Cl)cccc2s1. The van der Waals surface area contributed by atoms with Crippen molar-refractivity contribution in [3.8, 4) is 0 Å². The van der Waals surface area contributed by atoms with E-state index in [2.05, 4.69) is 10.1 Å². The minimum absolute atomic E-state index is 0.0104. The Bertz CT molecular complexity index is 1070. The number of thiazole rings is 1. The van der Waals surface area contributed by atoms with Gasteiger partial charge >= 0.3 is 0 Å². The van der Waals surface area contributed by atoms with Crippen LogP contribution in [0.25, 0.3) is 10.2 Å². The number of aromatic nitrogens is 3. The summed E-state index contributed by atoms with van der Waals surface area (Å²) in [6.07, 6.45) is 3.62. The van der Waals surface area contributed by atoms with Crippen LogP contribution in [0, 0.1) is 0 Å². The molecule has 0 aliphatic heterocycles. The van der Waals surface area contributed by atoms with E-state index >= 15 is 0 Å². The average Bonchev–Trinajstić information content (AvgIpc) is 3.38. The molecule has 2 aromatic carbocycles. The van der Waals surface area contributed by atoms with Crippen molar-refractivity contribution in [2.75, 3.05) is 17.2 Å². The Labute approximate surface area is 176 Å². The van der Waals surface area contributed by atoms with Crippen molar-refractivity contribution in [1.82, 2.24) is 14.8 Å². The highest BCUT2D eigenvalue weighted by Gasteiger charge is 2.20. The minimum Gasteiger partial charge on any atom is -0.285 e. The third-order valence-corrected chi connectivity index (χ3v) is 6.45. The molecule has 0 radical (unpaired) electrons. The van der Waals surface area contributed by atoms with Gasteiger partial charge in [-0.25, -0.2) is 4.98 Å². The first kappa shape index (κ1) is 19.0. The Balaban J connectivity index is 1.56. The molecule has 0 fully saturated rings. The van der Waals surface area contributed by atoms with Gasteiger partial charge in [-0.05, 0) is 30.3 Å². The molecule has 8 heteroatoms. The summed E-state index contributed by atoms with van der Waals surface area (Å²) in [4.78, 5) is 20.5. The molecular formula is C20H17ClN4OS2. The summed E-state index contributed by atoms with van der Waals surface area (Å²) < 4.78 is 2.78. The number of thioether (sulfide) groups is 1. The highest BCUT2D eigenvalue weighted by Crippen LogP contribution is 2.33. The predicted octanol–water partition coefficient (Wildman–Crippen LogP) is 4.97. The fraction of sp³-hybridized carbons (Fsp3) is 0.150. The van der Waals surface area contributed by atoms with Gasteiger partial charge in [-0.1, -0.05) is 47.2 Å². The standard InChI is InChI=1S/C20H17ClN4OS2/c21-16-8-4-9-17-19(16)23-20(28-17)25(13-12-24-11-5-10-22-24)18(26)14-27-15-6-2-1-3-7-15/h1-11H,12-14H2. The van der Waals surface area contributed by atoms with Crippen molar-refractivity contribution in [2.24, 2.45) is 0 Å². The van der Waals surface area contributed by atoms with E-state index in [0.717, 1.165) is 15.1 Å². The molecule has 0 unspecified atom stereocenters. The number of carbonyl (C=O) groups is 1. The van der Waals surface area contributed by atoms with Gasteiger partial charge in [0.25, 0.3) is 0 Å². The molecule has 0 N–H and O–H groups in total. The Morgan fingerprint density at radius 3 is 2.75 bits per heavy atom. The second-order valence-corrected chi connectivity index (χ2v) is 8.46. The average molecular weight is 429 g/mol. The number of hydrogen-bond donors (Lipinski definition) is 0. The molecule has 0 atom stereocenters. The van der Waals surface area contributed by atoms with E-state index in [1.807, 2.05) is 65.5 Å². The summed E-state index contributed by atoms with van der Waals surface area (Å²) >= 11 is 9.28. The second-order valence-electron chi connectivity index (χ2n) is 6.00. The van der Waals surface area contributed by atoms with E-state index in [-0.39, 0.29) is 5.91 Å². The number of hydrogen-bond acceptors (Lipinski definition) is 5. The number of rotatable bonds is 7. The molecule has 2 aromatic heterocycles. The number of para-hydroxylation sites is 1. The molecule has 1 amide bonds. The van der Waals surface area contributed by atoms with E-state index in [1.54, 1.807) is 11.1 Å². The van der Waals surface area contributed by atoms with Gasteiger partial charge in [-0.2, -0.15) is 5.10 Å². The molecule has 5 nitrogen and oxygen atoms in total. The normalized spacial score (nSPS) is 11.0. The fourth-order valence-corrected chi connectivity index (χ4v) is 4.82. The summed E-state index contributed by atoms with van der Waals surface area (Å²) in [6.45, 7) is 1.09. The largest absolute Gasteiger partial charge is 0.285 e. The number of fused-ring (bicyclic) bond motifs is 1. The molecule has 0 bridgehead atoms. The van der Waals surface area contributed by atoms with Gasteiger partial charge in [-0.15, -0.1) is 11.8 Å². The number of carbonyl (C=O) groups excluding carboxylic acids is 1. The molecule has 4 rings (SSSR count). The molecule has 0 aliphatic carbocycles. The minimum atomic E-state index is 0.0104. The summed E-state index contributed by atoms with van der Waals surface area (Å²) in [5.74, 6) is 0.350. The lowest BCUT2D eigenvalue weighted by Crippen LogP contribution is -2.35. The van der Waals surface area contributed by atoms with Gasteiger partial charge in [0, 0.05) is 23.8 Å². The monoisotopic (exact) mass is 428 g/mol. The Morgan fingerprint density at radius 1 is 1.14 bits per heavy atom. The molecular weight excluding hydrogens is 412 g/mol. The van der Waals surface area contributed by atoms with Gasteiger partial charge in [0.1, 0.15) is 5.52 Å². The first-order valence-corrected chi connectivity index (χ1v) is 10.9. The number of anilines is 1. The van der Waals surface area contributed by atoms with Crippen LogP contribution in [0.15, 0.2) is 71.9 Å². The Hall–Kier alpha value is -2.35. The van der Waals surface area contributed by atoms with Crippen LogP contribution in [-0.4, -0.2) is 33.0 Å². The number of benzene rings is 2. The molecule has 0 saturated heterocycles. The summed E-state index contributed by atoms with van der Waals surface area (Å²) in [7, 11) is 0. The molecule has 142 valence electrons. The van der Waals surface area contributed by atoms with Gasteiger partial charge in [-0.3, -0.25) is 14.4 Å². The zero-order valence-electron chi connectivity index (χ0n) is 14.9. The van der Waals surface area contributed by atoms with Crippen LogP contribution in [0.3, 0.4) is 0 Å². The zero-order valence-corrected chi connectivity index (χ0v) is 17.3. The summed E-state index contributed by atoms with van der Waals surface area (Å²) in [5, 5.41) is 5.48. The van der Waals surface area contributed by atoms with E-state index in [9.17, 15) is 4.79 Å². The number of halogens is 1. The fourth-order valence-electron chi connectivity index (χ4n) is 2.72. The number of nitrogens with zero attached hydrogens (tertiary/aromatic N) is 4. The van der Waals surface area contributed by atoms with Crippen LogP contribution in [-0.2, 0) is 11.3 Å². The molecule has 28 heavy (non-hydrogen) atoms. The van der Waals surface area contributed by atoms with Crippen LogP contribution < -0.4 is 4.90 Å². The maximum atomic E-state index is 13.0. The quantitative estimate of drug-likeness (QED) is 0.390. The molecule has 4 aromatic rings. The molecule has 0 saturated carbocycles. The molecule has 0 spiro atoms. The van der Waals surface area contributed by atoms with Crippen molar-refractivity contribution in [2.45, 2.75) is 11.4 Å². The van der Waals surface area contributed by atoms with Crippen LogP contribution >= 0.6 is 34.7 Å². The van der Waals surface area contributed by atoms with Gasteiger partial charge in [0.15, 0.2) is 5.13 Å². The topological polar surface area (TPSA) is 51.0 Å². The van der Waals surface area contributed by atoms with Gasteiger partial charge < -0.3 is 0 Å². The summed E-state index contributed by atoms with van der Waals surface area (Å²) in [6, 6.07) is 17.5. The van der Waals surface area contributed by atoms with Crippen LogP contribution in [0.4, 0.5) is 5.13 Å². The smallest absolute Gasteiger partial charge is 0.239 e. The van der Waals surface area contributed by atoms with Crippen molar-refractivity contribution >= 4 is 56.0 Å². The highest BCUT2D eigenvalue weighted by atomic mass is 35.5. The van der Waals surface area contributed by atoms with E-state index in [1.165, 1.54) is 23.1 Å². The summed E-state index contributed by atoms with van der Waals surface area (Å²) in [5.41, 5.74) is 0.733. The lowest BCUT2D eigenvalue weighted by atomic mass is 10.3. The lowest BCUT2D eigenvalue weighted by molar-refractivity contribution is -0.116. The second kappa shape index (κ2) is 8.77. The first-order chi connectivity index (χ1) is 13.7. The molecule has 0 aliphatic rings. The van der Waals surface area contributed by atoms with Crippen molar-refractivity contribution in [3.05, 3.63) is 72.0 Å². The van der Waals surface area contributed by atoms with Crippen LogP contribution in [0.1, 0.15) is 0 Å². The highest BCUT2D eigenvalue weighted by molar-refractivity contribution is 8.00. The number of amides is 1. The predicted molar refractivity (Wildman–Crippen MR) is 116 cm³/mol. The van der Waals surface area contributed by atoms with E-state index < -0.39 is 0 Å². The third kappa shape index (κ3) is 4.38. The van der Waals surface area contributed by atoms with Crippen LogP contribution in [0.2, 0.25) is 5.02 Å². The Kier molecular flexibility index (Phi) is 5.95. The van der Waals surface area contributed by atoms with E-state index in [4.69, 9.17) is 11.6 Å². The maximum absolute atomic E-state index is 13.0. The Morgan fingerprint density at radius 2 is 2.00 bits per heavy atom. The third-order valence-electron chi connectivity index (χ3n) is 4.11. The van der Waals surface area contributed by atoms with Gasteiger partial charge in [0.05, 0.1) is 22.0 Å².